The molecule has 58 heavy (non-hydrogen) atoms. The lowest BCUT2D eigenvalue weighted by atomic mass is 9.33. The van der Waals surface area contributed by atoms with E-state index >= 15 is 0 Å². The average Bonchev–Trinajstić information content (AvgIpc) is 3.68. The van der Waals surface area contributed by atoms with Gasteiger partial charge in [-0.15, -0.1) is 0 Å². The molecule has 0 bridgehead atoms. The molecule has 10 aromatic rings. The summed E-state index contributed by atoms with van der Waals surface area (Å²) in [6.07, 6.45) is 0.975. The van der Waals surface area contributed by atoms with Crippen LogP contribution >= 0.6 is 0 Å². The number of benzene rings is 9. The van der Waals surface area contributed by atoms with Crippen LogP contribution in [0.25, 0.3) is 44.2 Å². The van der Waals surface area contributed by atoms with Gasteiger partial charge in [0.2, 0.25) is 6.71 Å². The Morgan fingerprint density at radius 3 is 1.57 bits per heavy atom. The lowest BCUT2D eigenvalue weighted by molar-refractivity contribution is 0.670. The zero-order chi connectivity index (χ0) is 38.5. The molecule has 0 unspecified atom stereocenters. The van der Waals surface area contributed by atoms with Gasteiger partial charge in [0, 0.05) is 16.3 Å². The largest absolute Gasteiger partial charge is 0.455 e. The smallest absolute Gasteiger partial charge is 0.241 e. The Morgan fingerprint density at radius 1 is 0.379 bits per heavy atom. The molecule has 0 atom stereocenters. The highest BCUT2D eigenvalue weighted by Crippen LogP contribution is 2.37. The molecule has 9 aromatic carbocycles. The van der Waals surface area contributed by atoms with Crippen LogP contribution in [0, 0.1) is 0 Å². The molecule has 0 amide bonds. The van der Waals surface area contributed by atoms with Crippen molar-refractivity contribution in [3.8, 4) is 22.3 Å². The van der Waals surface area contributed by atoms with E-state index in [2.05, 4.69) is 224 Å². The van der Waals surface area contributed by atoms with Crippen molar-refractivity contribution in [2.75, 3.05) is 0 Å². The number of furan rings is 1. The van der Waals surface area contributed by atoms with Gasteiger partial charge >= 0.3 is 0 Å². The molecule has 0 spiro atoms. The Labute approximate surface area is 341 Å². The quantitative estimate of drug-likeness (QED) is 0.117. The van der Waals surface area contributed by atoms with Crippen molar-refractivity contribution in [3.63, 3.8) is 0 Å². The summed E-state index contributed by atoms with van der Waals surface area (Å²) in [5.41, 5.74) is 13.4. The first-order valence-electron chi connectivity index (χ1n) is 20.2. The zero-order valence-corrected chi connectivity index (χ0v) is 33.1. The van der Waals surface area contributed by atoms with E-state index < -0.39 is 8.07 Å². The molecule has 0 N–H and O–H groups in total. The minimum atomic E-state index is -2.67. The summed E-state index contributed by atoms with van der Waals surface area (Å²) in [5.74, 6) is 0. The summed E-state index contributed by atoms with van der Waals surface area (Å²) in [6.45, 7) is 0.182. The lowest BCUT2D eigenvalue weighted by Crippen LogP contribution is -2.74. The Bertz CT molecular complexity index is 2960. The van der Waals surface area contributed by atoms with E-state index in [1.165, 1.54) is 65.0 Å². The van der Waals surface area contributed by atoms with Gasteiger partial charge in [0.25, 0.3) is 0 Å². The standard InChI is InChI=1S/C55H39BOSi/c1-4-22-45(23-5-1)58(46-24-6-2-7-25-46,47-26-8-3-9-27-47)48-28-15-19-39(37-48)40-33-34-54-51(38-40)50-30-16-29-49(55(50)57-54)41-20-14-21-44(36-41)56-52-31-12-10-17-42(52)35-43-18-11-13-32-53(43)56/h1-34,36-38H,35H2. The maximum absolute atomic E-state index is 6.79. The maximum Gasteiger partial charge on any atom is 0.241 e. The molecule has 0 fully saturated rings. The molecule has 1 aliphatic rings. The Hall–Kier alpha value is -6.94. The van der Waals surface area contributed by atoms with E-state index in [-0.39, 0.29) is 6.71 Å². The minimum Gasteiger partial charge on any atom is -0.455 e. The summed E-state index contributed by atoms with van der Waals surface area (Å²) in [4.78, 5) is 0. The van der Waals surface area contributed by atoms with Gasteiger partial charge < -0.3 is 4.42 Å². The third-order valence-electron chi connectivity index (χ3n) is 12.4. The maximum atomic E-state index is 6.79. The van der Waals surface area contributed by atoms with Crippen LogP contribution < -0.4 is 37.1 Å². The number of hydrogen-bond acceptors (Lipinski definition) is 1. The predicted octanol–water partition coefficient (Wildman–Crippen LogP) is 8.72. The third kappa shape index (κ3) is 5.62. The fraction of sp³-hybridized carbons (Fsp3) is 0.0182. The molecule has 0 saturated heterocycles. The molecule has 2 heterocycles. The molecule has 11 rings (SSSR count). The molecule has 1 aromatic heterocycles. The molecule has 1 aliphatic heterocycles. The van der Waals surface area contributed by atoms with Gasteiger partial charge in [-0.05, 0) is 67.1 Å². The summed E-state index contributed by atoms with van der Waals surface area (Å²) in [5, 5.41) is 7.73. The fourth-order valence-corrected chi connectivity index (χ4v) is 14.6. The molecule has 272 valence electrons. The topological polar surface area (TPSA) is 13.1 Å². The van der Waals surface area contributed by atoms with Crippen LogP contribution in [0.2, 0.25) is 0 Å². The van der Waals surface area contributed by atoms with Crippen LogP contribution in [0.5, 0.6) is 0 Å². The predicted molar refractivity (Wildman–Crippen MR) is 249 cm³/mol. The van der Waals surface area contributed by atoms with Crippen LogP contribution in [0.3, 0.4) is 0 Å². The van der Waals surface area contributed by atoms with E-state index in [9.17, 15) is 0 Å². The van der Waals surface area contributed by atoms with E-state index in [4.69, 9.17) is 4.42 Å². The second-order valence-corrected chi connectivity index (χ2v) is 19.4. The van der Waals surface area contributed by atoms with Gasteiger partial charge in [-0.25, -0.2) is 0 Å². The first-order valence-corrected chi connectivity index (χ1v) is 22.2. The SMILES string of the molecule is c1ccc([Si](c2ccccc2)(c2ccccc2)c2cccc(-c3ccc4oc5c(-c6cccc(B7c8ccccc8Cc8ccccc87)c6)cccc5c4c3)c2)cc1. The highest BCUT2D eigenvalue weighted by atomic mass is 28.3. The van der Waals surface area contributed by atoms with Crippen LogP contribution in [0.4, 0.5) is 0 Å². The molecule has 1 nitrogen and oxygen atoms in total. The van der Waals surface area contributed by atoms with E-state index in [1.807, 2.05) is 0 Å². The van der Waals surface area contributed by atoms with Crippen LogP contribution in [0.15, 0.2) is 229 Å². The zero-order valence-electron chi connectivity index (χ0n) is 32.1. The summed E-state index contributed by atoms with van der Waals surface area (Å²) in [7, 11) is -2.67. The minimum absolute atomic E-state index is 0.182. The molecule has 0 saturated carbocycles. The molecular formula is C55H39BOSi. The van der Waals surface area contributed by atoms with Crippen molar-refractivity contribution in [1.82, 2.24) is 0 Å². The lowest BCUT2D eigenvalue weighted by Gasteiger charge is -2.34. The Kier molecular flexibility index (Phi) is 8.41. The number of rotatable bonds is 7. The Morgan fingerprint density at radius 2 is 0.914 bits per heavy atom. The second kappa shape index (κ2) is 14.2. The van der Waals surface area contributed by atoms with Crippen molar-refractivity contribution in [2.24, 2.45) is 0 Å². The van der Waals surface area contributed by atoms with Gasteiger partial charge in [-0.3, -0.25) is 0 Å². The van der Waals surface area contributed by atoms with Gasteiger partial charge in [0.1, 0.15) is 11.2 Å². The van der Waals surface area contributed by atoms with Gasteiger partial charge in [-0.1, -0.05) is 229 Å². The van der Waals surface area contributed by atoms with Crippen molar-refractivity contribution >= 4 is 73.9 Å². The van der Waals surface area contributed by atoms with Gasteiger partial charge in [-0.2, -0.15) is 0 Å². The number of fused-ring (bicyclic) bond motifs is 5. The monoisotopic (exact) mass is 754 g/mol. The molecule has 0 radical (unpaired) electrons. The molecule has 0 aliphatic carbocycles. The first kappa shape index (κ1) is 34.3. The molecular weight excluding hydrogens is 716 g/mol. The van der Waals surface area contributed by atoms with Crippen LogP contribution in [-0.2, 0) is 6.42 Å². The number of para-hydroxylation sites is 1. The van der Waals surface area contributed by atoms with Crippen LogP contribution in [-0.4, -0.2) is 14.8 Å². The van der Waals surface area contributed by atoms with Crippen LogP contribution in [0.1, 0.15) is 11.1 Å². The average molecular weight is 755 g/mol. The third-order valence-corrected chi connectivity index (χ3v) is 17.2. The van der Waals surface area contributed by atoms with Gasteiger partial charge in [0.05, 0.1) is 0 Å². The summed E-state index contributed by atoms with van der Waals surface area (Å²) >= 11 is 0. The van der Waals surface area contributed by atoms with E-state index in [1.54, 1.807) is 0 Å². The highest BCUT2D eigenvalue weighted by Gasteiger charge is 2.41. The van der Waals surface area contributed by atoms with Crippen molar-refractivity contribution in [1.29, 1.82) is 0 Å². The summed E-state index contributed by atoms with van der Waals surface area (Å²) < 4.78 is 6.79. The summed E-state index contributed by atoms with van der Waals surface area (Å²) in [6, 6.07) is 83.0. The van der Waals surface area contributed by atoms with Crippen molar-refractivity contribution in [2.45, 2.75) is 6.42 Å². The van der Waals surface area contributed by atoms with Crippen molar-refractivity contribution in [3.05, 3.63) is 236 Å². The number of hydrogen-bond donors (Lipinski definition) is 0. The molecule has 3 heteroatoms. The highest BCUT2D eigenvalue weighted by molar-refractivity contribution is 7.19. The van der Waals surface area contributed by atoms with Crippen molar-refractivity contribution < 1.29 is 4.42 Å². The second-order valence-electron chi connectivity index (χ2n) is 15.6. The van der Waals surface area contributed by atoms with E-state index in [0.29, 0.717) is 0 Å². The normalized spacial score (nSPS) is 12.4. The fourth-order valence-electron chi connectivity index (χ4n) is 9.77. The van der Waals surface area contributed by atoms with E-state index in [0.717, 1.165) is 33.9 Å². The first-order chi connectivity index (χ1) is 28.8. The Balaban J connectivity index is 1.03. The van der Waals surface area contributed by atoms with Gasteiger partial charge in [0.15, 0.2) is 8.07 Å².